The number of allylic oxidation sites excluding steroid dienone is 2. The van der Waals surface area contributed by atoms with Crippen molar-refractivity contribution in [2.45, 2.75) is 112 Å². The zero-order chi connectivity index (χ0) is 27.3. The summed E-state index contributed by atoms with van der Waals surface area (Å²) >= 11 is 0. The minimum atomic E-state index is -1.37. The Labute approximate surface area is 216 Å². The van der Waals surface area contributed by atoms with Crippen LogP contribution in [0.25, 0.3) is 0 Å². The molecule has 3 rings (SSSR count). The predicted octanol–water partition coefficient (Wildman–Crippen LogP) is 5.26. The summed E-state index contributed by atoms with van der Waals surface area (Å²) in [6.07, 6.45) is 6.36. The van der Waals surface area contributed by atoms with Gasteiger partial charge in [0.25, 0.3) is 0 Å². The lowest BCUT2D eigenvalue weighted by atomic mass is 9.52. The second-order valence-electron chi connectivity index (χ2n) is 13.3. The van der Waals surface area contributed by atoms with Gasteiger partial charge in [0.2, 0.25) is 0 Å². The first-order valence-electron chi connectivity index (χ1n) is 13.6. The molecule has 0 heterocycles. The fourth-order valence-electron chi connectivity index (χ4n) is 7.39. The number of Topliss-reactive ketones (excluding diaryl/α,β-unsaturated/α-hetero) is 2. The maximum absolute atomic E-state index is 14.2. The summed E-state index contributed by atoms with van der Waals surface area (Å²) in [6.45, 7) is 13.7. The molecule has 0 unspecified atom stereocenters. The first kappa shape index (κ1) is 28.8. The summed E-state index contributed by atoms with van der Waals surface area (Å²) < 4.78 is 0. The smallest absolute Gasteiger partial charge is 0.330 e. The monoisotopic (exact) mass is 502 g/mol. The van der Waals surface area contributed by atoms with Crippen LogP contribution in [-0.2, 0) is 14.4 Å². The number of carbonyl (C=O) groups excluding carboxylic acids is 2. The molecule has 0 aromatic rings. The Balaban J connectivity index is 2.02. The Morgan fingerprint density at radius 1 is 1.06 bits per heavy atom. The number of aliphatic hydroxyl groups excluding tert-OH is 2. The summed E-state index contributed by atoms with van der Waals surface area (Å²) in [7, 11) is 0. The number of aliphatic carboxylic acids is 1. The molecule has 2 fully saturated rings. The van der Waals surface area contributed by atoms with E-state index in [4.69, 9.17) is 5.11 Å². The molecule has 0 radical (unpaired) electrons. The van der Waals surface area contributed by atoms with E-state index in [9.17, 15) is 24.6 Å². The van der Waals surface area contributed by atoms with Gasteiger partial charge in [-0.05, 0) is 87.0 Å². The third-order valence-electron chi connectivity index (χ3n) is 10.7. The van der Waals surface area contributed by atoms with Crippen molar-refractivity contribution in [3.63, 3.8) is 0 Å². The van der Waals surface area contributed by atoms with Gasteiger partial charge in [-0.15, -0.1) is 0 Å². The van der Waals surface area contributed by atoms with Crippen LogP contribution in [0.4, 0.5) is 0 Å². The Morgan fingerprint density at radius 2 is 1.69 bits per heavy atom. The molecule has 2 bridgehead atoms. The number of aliphatic hydroxyl groups is 2. The molecule has 6 nitrogen and oxygen atoms in total. The molecule has 202 valence electrons. The molecule has 0 spiro atoms. The van der Waals surface area contributed by atoms with Crippen molar-refractivity contribution in [3.05, 3.63) is 23.3 Å². The summed E-state index contributed by atoms with van der Waals surface area (Å²) in [6, 6.07) is 0. The van der Waals surface area contributed by atoms with Crippen LogP contribution < -0.4 is 0 Å². The Kier molecular flexibility index (Phi) is 7.86. The van der Waals surface area contributed by atoms with Crippen LogP contribution in [0.5, 0.6) is 0 Å². The first-order chi connectivity index (χ1) is 16.5. The van der Waals surface area contributed by atoms with Crippen LogP contribution in [-0.4, -0.2) is 45.1 Å². The van der Waals surface area contributed by atoms with E-state index in [1.165, 1.54) is 0 Å². The summed E-state index contributed by atoms with van der Waals surface area (Å²) in [5, 5.41) is 31.2. The average Bonchev–Trinajstić information content (AvgIpc) is 2.87. The van der Waals surface area contributed by atoms with E-state index in [1.807, 2.05) is 20.8 Å². The van der Waals surface area contributed by atoms with Crippen LogP contribution in [0.1, 0.15) is 99.8 Å². The lowest BCUT2D eigenvalue weighted by Crippen LogP contribution is -2.51. The molecule has 3 aliphatic carbocycles. The number of hydrogen-bond donors (Lipinski definition) is 3. The molecule has 0 amide bonds. The predicted molar refractivity (Wildman–Crippen MR) is 139 cm³/mol. The molecule has 0 aliphatic heterocycles. The Morgan fingerprint density at radius 3 is 2.31 bits per heavy atom. The fraction of sp³-hybridized carbons (Fsp3) is 0.767. The van der Waals surface area contributed by atoms with E-state index in [0.717, 1.165) is 6.42 Å². The first-order valence-corrected chi connectivity index (χ1v) is 13.6. The minimum Gasteiger partial charge on any atom is -0.478 e. The van der Waals surface area contributed by atoms with E-state index in [-0.39, 0.29) is 34.4 Å². The molecule has 0 aromatic heterocycles. The number of ketones is 2. The largest absolute Gasteiger partial charge is 0.478 e. The van der Waals surface area contributed by atoms with Crippen LogP contribution >= 0.6 is 0 Å². The number of fused-ring (bicyclic) bond motifs is 4. The molecular weight excluding hydrogens is 456 g/mol. The van der Waals surface area contributed by atoms with Crippen molar-refractivity contribution in [3.8, 4) is 0 Å². The molecule has 0 saturated heterocycles. The topological polar surface area (TPSA) is 112 Å². The van der Waals surface area contributed by atoms with Gasteiger partial charge in [-0.25, -0.2) is 4.79 Å². The number of carbonyl (C=O) groups is 3. The molecule has 3 N–H and O–H groups in total. The maximum atomic E-state index is 14.2. The highest BCUT2D eigenvalue weighted by molar-refractivity contribution is 6.03. The van der Waals surface area contributed by atoms with Crippen LogP contribution in [0.2, 0.25) is 0 Å². The molecule has 3 aliphatic rings. The van der Waals surface area contributed by atoms with Crippen molar-refractivity contribution < 1.29 is 29.7 Å². The van der Waals surface area contributed by atoms with Gasteiger partial charge < -0.3 is 15.3 Å². The van der Waals surface area contributed by atoms with Gasteiger partial charge in [0.1, 0.15) is 6.10 Å². The van der Waals surface area contributed by atoms with Gasteiger partial charge in [0.05, 0.1) is 6.10 Å². The highest BCUT2D eigenvalue weighted by Gasteiger charge is 2.58. The number of carboxylic acid groups (broad SMARTS) is 1. The van der Waals surface area contributed by atoms with Gasteiger partial charge >= 0.3 is 5.97 Å². The normalized spacial score (nSPS) is 41.6. The summed E-state index contributed by atoms with van der Waals surface area (Å²) in [4.78, 5) is 39.1. The van der Waals surface area contributed by atoms with Gasteiger partial charge in [-0.1, -0.05) is 47.6 Å². The van der Waals surface area contributed by atoms with E-state index in [0.29, 0.717) is 50.5 Å². The lowest BCUT2D eigenvalue weighted by molar-refractivity contribution is -0.138. The maximum Gasteiger partial charge on any atom is 0.330 e. The second-order valence-corrected chi connectivity index (χ2v) is 13.3. The van der Waals surface area contributed by atoms with E-state index < -0.39 is 34.4 Å². The zero-order valence-electron chi connectivity index (χ0n) is 23.2. The van der Waals surface area contributed by atoms with Crippen molar-refractivity contribution in [1.29, 1.82) is 0 Å². The van der Waals surface area contributed by atoms with E-state index in [2.05, 4.69) is 20.8 Å². The van der Waals surface area contributed by atoms with Gasteiger partial charge in [0.15, 0.2) is 11.6 Å². The van der Waals surface area contributed by atoms with Gasteiger partial charge in [-0.3, -0.25) is 9.59 Å². The number of carboxylic acids is 1. The average molecular weight is 503 g/mol. The van der Waals surface area contributed by atoms with Crippen molar-refractivity contribution in [2.75, 3.05) is 0 Å². The molecular formula is C30H46O6. The molecule has 7 atom stereocenters. The lowest BCUT2D eigenvalue weighted by Gasteiger charge is -2.53. The van der Waals surface area contributed by atoms with E-state index >= 15 is 0 Å². The number of rotatable bonds is 5. The number of hydrogen-bond acceptors (Lipinski definition) is 5. The van der Waals surface area contributed by atoms with Crippen LogP contribution in [0, 0.1) is 33.5 Å². The van der Waals surface area contributed by atoms with Crippen LogP contribution in [0.15, 0.2) is 23.3 Å². The molecule has 36 heavy (non-hydrogen) atoms. The summed E-state index contributed by atoms with van der Waals surface area (Å²) in [5.74, 6) is -1.19. The quantitative estimate of drug-likeness (QED) is 0.442. The minimum absolute atomic E-state index is 0.0449. The Hall–Kier alpha value is -1.79. The highest BCUT2D eigenvalue weighted by Crippen LogP contribution is 2.61. The standard InChI is InChI=1S/C30H46O6/c1-18(26(35)36)9-8-10-19(2)29(6)16-15-28(5)13-11-22-27(3,4)23(32)12-14-30(22,7)20(24(28)33)17-21(31)25(29)34/h9,17,19,21-23,31-32H,8,10-16H2,1-7H3,(H,35,36)/b18-9+,20-17+/t19-,21-,22+,23-,28-,29+,30-/m1/s1. The molecule has 6 heteroatoms. The van der Waals surface area contributed by atoms with Crippen molar-refractivity contribution in [2.24, 2.45) is 33.5 Å². The third kappa shape index (κ3) is 4.76. The van der Waals surface area contributed by atoms with Crippen molar-refractivity contribution in [1.82, 2.24) is 0 Å². The zero-order valence-corrected chi connectivity index (χ0v) is 23.2. The second kappa shape index (κ2) is 9.83. The third-order valence-corrected chi connectivity index (χ3v) is 10.7. The fourth-order valence-corrected chi connectivity index (χ4v) is 7.39. The Bertz CT molecular complexity index is 976. The van der Waals surface area contributed by atoms with E-state index in [1.54, 1.807) is 19.1 Å². The van der Waals surface area contributed by atoms with Crippen molar-refractivity contribution >= 4 is 17.5 Å². The highest BCUT2D eigenvalue weighted by atomic mass is 16.4. The van der Waals surface area contributed by atoms with Crippen LogP contribution in [0.3, 0.4) is 0 Å². The molecule has 2 saturated carbocycles. The molecule has 0 aromatic carbocycles. The summed E-state index contributed by atoms with van der Waals surface area (Å²) in [5.41, 5.74) is -1.50. The van der Waals surface area contributed by atoms with Gasteiger partial charge in [0, 0.05) is 22.0 Å². The van der Waals surface area contributed by atoms with Gasteiger partial charge in [-0.2, -0.15) is 0 Å². The SMILES string of the molecule is C/C(=C\CC[C@@H](C)[C@]1(C)CC[C@@]2(C)CC[C@H]3C(C)(C)[C@H](O)CC[C@]3(C)/C(=C/[C@@H](O)C1=O)C2=O)C(=O)O.